The van der Waals surface area contributed by atoms with Gasteiger partial charge in [0.25, 0.3) is 11.6 Å². The molecule has 9 heteroatoms. The lowest BCUT2D eigenvalue weighted by Crippen LogP contribution is -2.28. The van der Waals surface area contributed by atoms with Crippen LogP contribution in [0.4, 0.5) is 10.1 Å². The first-order chi connectivity index (χ1) is 14.8. The Morgan fingerprint density at radius 2 is 1.90 bits per heavy atom. The van der Waals surface area contributed by atoms with E-state index in [9.17, 15) is 19.3 Å². The number of carbonyl (C=O) groups excluding carboxylic acids is 1. The summed E-state index contributed by atoms with van der Waals surface area (Å²) in [6, 6.07) is 13.0. The highest BCUT2D eigenvalue weighted by atomic mass is 79.9. The van der Waals surface area contributed by atoms with Crippen molar-refractivity contribution in [3.63, 3.8) is 0 Å². The molecular weight excluding hydrogens is 491 g/mol. The second-order valence-electron chi connectivity index (χ2n) is 6.96. The van der Waals surface area contributed by atoms with Crippen molar-refractivity contribution in [1.29, 1.82) is 0 Å². The molecule has 0 aromatic heterocycles. The predicted octanol–water partition coefficient (Wildman–Crippen LogP) is 5.90. The van der Waals surface area contributed by atoms with Crippen LogP contribution in [0.5, 0.6) is 5.75 Å². The maximum Gasteiger partial charge on any atom is 0.289 e. The van der Waals surface area contributed by atoms with Crippen LogP contribution < -0.4 is 4.74 Å². The molecule has 3 aromatic rings. The summed E-state index contributed by atoms with van der Waals surface area (Å²) in [6.07, 6.45) is 0. The first-order valence-electron chi connectivity index (χ1n) is 9.17. The monoisotopic (exact) mass is 504 g/mol. The first-order valence-corrected chi connectivity index (χ1v) is 10.3. The second kappa shape index (κ2) is 8.28. The molecule has 31 heavy (non-hydrogen) atoms. The molecule has 0 radical (unpaired) electrons. The van der Waals surface area contributed by atoms with Gasteiger partial charge in [-0.15, -0.1) is 0 Å². The van der Waals surface area contributed by atoms with Crippen LogP contribution in [0.25, 0.3) is 0 Å². The Morgan fingerprint density at radius 3 is 2.55 bits per heavy atom. The van der Waals surface area contributed by atoms with E-state index in [1.807, 2.05) is 0 Å². The van der Waals surface area contributed by atoms with Gasteiger partial charge >= 0.3 is 0 Å². The lowest BCUT2D eigenvalue weighted by Gasteiger charge is -2.26. The molecule has 0 N–H and O–H groups in total. The van der Waals surface area contributed by atoms with Crippen molar-refractivity contribution in [3.05, 3.63) is 102 Å². The molecule has 6 nitrogen and oxygen atoms in total. The molecule has 1 heterocycles. The summed E-state index contributed by atoms with van der Waals surface area (Å²) in [5, 5.41) is 12.1. The molecule has 4 rings (SSSR count). The van der Waals surface area contributed by atoms with E-state index in [4.69, 9.17) is 16.3 Å². The van der Waals surface area contributed by atoms with Gasteiger partial charge in [0.2, 0.25) is 0 Å². The van der Waals surface area contributed by atoms with E-state index in [2.05, 4.69) is 15.9 Å². The molecule has 1 unspecified atom stereocenters. The molecule has 0 aliphatic carbocycles. The van der Waals surface area contributed by atoms with Crippen molar-refractivity contribution >= 4 is 39.1 Å². The summed E-state index contributed by atoms with van der Waals surface area (Å²) in [6.45, 7) is 0.143. The van der Waals surface area contributed by atoms with Gasteiger partial charge in [0, 0.05) is 17.1 Å². The zero-order valence-electron chi connectivity index (χ0n) is 16.1. The summed E-state index contributed by atoms with van der Waals surface area (Å²) in [5.41, 5.74) is 1.19. The highest BCUT2D eigenvalue weighted by Crippen LogP contribution is 2.48. The Balaban J connectivity index is 1.91. The third-order valence-corrected chi connectivity index (χ3v) is 6.18. The van der Waals surface area contributed by atoms with Crippen molar-refractivity contribution in [3.8, 4) is 5.75 Å². The summed E-state index contributed by atoms with van der Waals surface area (Å²) >= 11 is 9.58. The van der Waals surface area contributed by atoms with Crippen LogP contribution >= 0.6 is 27.5 Å². The highest BCUT2D eigenvalue weighted by molar-refractivity contribution is 9.10. The Labute approximate surface area is 190 Å². The lowest BCUT2D eigenvalue weighted by atomic mass is 9.95. The highest BCUT2D eigenvalue weighted by Gasteiger charge is 2.44. The maximum absolute atomic E-state index is 14.1. The van der Waals surface area contributed by atoms with Crippen molar-refractivity contribution in [2.75, 3.05) is 7.11 Å². The number of benzene rings is 3. The van der Waals surface area contributed by atoms with Crippen LogP contribution in [0.3, 0.4) is 0 Å². The van der Waals surface area contributed by atoms with E-state index in [0.29, 0.717) is 5.75 Å². The largest absolute Gasteiger partial charge is 0.497 e. The number of nitro groups is 1. The fraction of sp³-hybridized carbons (Fsp3) is 0.136. The molecule has 3 aromatic carbocycles. The second-order valence-corrected chi connectivity index (χ2v) is 8.23. The van der Waals surface area contributed by atoms with Crippen LogP contribution in [-0.4, -0.2) is 22.8 Å². The van der Waals surface area contributed by atoms with Crippen molar-refractivity contribution < 1.29 is 18.8 Å². The van der Waals surface area contributed by atoms with E-state index < -0.39 is 22.7 Å². The van der Waals surface area contributed by atoms with Gasteiger partial charge in [-0.1, -0.05) is 23.7 Å². The number of fused-ring (bicyclic) bond motifs is 1. The minimum atomic E-state index is -0.925. The smallest absolute Gasteiger partial charge is 0.289 e. The summed E-state index contributed by atoms with van der Waals surface area (Å²) in [7, 11) is 1.55. The van der Waals surface area contributed by atoms with E-state index in [-0.39, 0.29) is 38.4 Å². The molecule has 1 atom stereocenters. The van der Waals surface area contributed by atoms with Crippen LogP contribution in [0, 0.1) is 15.9 Å². The van der Waals surface area contributed by atoms with E-state index >= 15 is 0 Å². The maximum atomic E-state index is 14.1. The van der Waals surface area contributed by atoms with E-state index in [0.717, 1.165) is 5.56 Å². The fourth-order valence-corrected chi connectivity index (χ4v) is 4.51. The number of hydrogen-bond donors (Lipinski definition) is 0. The minimum Gasteiger partial charge on any atom is -0.497 e. The molecular formula is C22H15BrClFN2O4. The van der Waals surface area contributed by atoms with Crippen LogP contribution in [0.15, 0.2) is 59.1 Å². The van der Waals surface area contributed by atoms with Gasteiger partial charge < -0.3 is 9.64 Å². The van der Waals surface area contributed by atoms with Crippen molar-refractivity contribution in [2.24, 2.45) is 0 Å². The van der Waals surface area contributed by atoms with Crippen LogP contribution in [0.2, 0.25) is 5.02 Å². The molecule has 0 spiro atoms. The third-order valence-electron chi connectivity index (χ3n) is 5.19. The van der Waals surface area contributed by atoms with Gasteiger partial charge in [-0.25, -0.2) is 4.39 Å². The molecule has 1 aliphatic heterocycles. The lowest BCUT2D eigenvalue weighted by molar-refractivity contribution is -0.386. The average molecular weight is 506 g/mol. The molecule has 0 saturated carbocycles. The molecule has 0 saturated heterocycles. The zero-order chi connectivity index (χ0) is 22.3. The minimum absolute atomic E-state index is 0.143. The number of nitro benzene ring substituents is 1. The van der Waals surface area contributed by atoms with Gasteiger partial charge in [-0.3, -0.25) is 14.9 Å². The summed E-state index contributed by atoms with van der Waals surface area (Å²) < 4.78 is 19.5. The van der Waals surface area contributed by atoms with Gasteiger partial charge in [-0.2, -0.15) is 0 Å². The Hall–Kier alpha value is -2.97. The Morgan fingerprint density at radius 1 is 1.19 bits per heavy atom. The molecule has 1 aliphatic rings. The standard InChI is InChI=1S/C22H15BrClFN2O4/c1-31-14-5-2-12(3-6-14)11-26-20(16-10-13(25)4-9-18(16)24)19-15(22(26)28)7-8-17(23)21(19)27(29)30/h2-10,20H,11H2,1H3. The third kappa shape index (κ3) is 3.77. The number of amides is 1. The normalized spacial score (nSPS) is 15.2. The molecule has 0 bridgehead atoms. The number of hydrogen-bond acceptors (Lipinski definition) is 4. The van der Waals surface area contributed by atoms with Crippen molar-refractivity contribution in [1.82, 2.24) is 4.90 Å². The van der Waals surface area contributed by atoms with E-state index in [1.165, 1.54) is 35.2 Å². The zero-order valence-corrected chi connectivity index (χ0v) is 18.5. The van der Waals surface area contributed by atoms with Gasteiger partial charge in [0.1, 0.15) is 11.6 Å². The van der Waals surface area contributed by atoms with Gasteiger partial charge in [0.15, 0.2) is 0 Å². The van der Waals surface area contributed by atoms with Crippen molar-refractivity contribution in [2.45, 2.75) is 12.6 Å². The number of ether oxygens (including phenoxy) is 1. The van der Waals surface area contributed by atoms with Crippen LogP contribution in [0.1, 0.15) is 33.1 Å². The SMILES string of the molecule is COc1ccc(CN2C(=O)c3ccc(Br)c([N+](=O)[O-])c3C2c2cc(F)ccc2Cl)cc1. The number of nitrogens with zero attached hydrogens (tertiary/aromatic N) is 2. The average Bonchev–Trinajstić information content (AvgIpc) is 3.01. The summed E-state index contributed by atoms with van der Waals surface area (Å²) in [4.78, 5) is 26.1. The summed E-state index contributed by atoms with van der Waals surface area (Å²) in [5.74, 6) is -0.293. The fourth-order valence-electron chi connectivity index (χ4n) is 3.80. The number of carbonyl (C=O) groups is 1. The van der Waals surface area contributed by atoms with Gasteiger partial charge in [-0.05, 0) is 64.0 Å². The first kappa shape index (κ1) is 21.3. The quantitative estimate of drug-likeness (QED) is 0.319. The topological polar surface area (TPSA) is 72.7 Å². The van der Waals surface area contributed by atoms with E-state index in [1.54, 1.807) is 31.4 Å². The molecule has 158 valence electrons. The predicted molar refractivity (Wildman–Crippen MR) is 117 cm³/mol. The number of methoxy groups -OCH3 is 1. The number of rotatable bonds is 5. The molecule has 1 amide bonds. The van der Waals surface area contributed by atoms with Gasteiger partial charge in [0.05, 0.1) is 33.7 Å². The Kier molecular flexibility index (Phi) is 5.68. The molecule has 0 fully saturated rings. The van der Waals surface area contributed by atoms with Crippen LogP contribution in [-0.2, 0) is 6.54 Å². The Bertz CT molecular complexity index is 1200. The number of halogens is 3.